The molecule has 2 rings (SSSR count). The molecule has 0 spiro atoms. The maximum atomic E-state index is 5.64. The summed E-state index contributed by atoms with van der Waals surface area (Å²) in [5.74, 6) is 1.42. The minimum atomic E-state index is 0.0693. The molecule has 2 heterocycles. The van der Waals surface area contributed by atoms with Gasteiger partial charge < -0.3 is 15.6 Å². The summed E-state index contributed by atoms with van der Waals surface area (Å²) in [6.07, 6.45) is 2.93. The Morgan fingerprint density at radius 3 is 3.21 bits per heavy atom. The Labute approximate surface area is 83.1 Å². The quantitative estimate of drug-likeness (QED) is 0.731. The first-order valence-corrected chi connectivity index (χ1v) is 5.07. The third kappa shape index (κ3) is 2.10. The topological polar surface area (TPSA) is 77.0 Å². The molecule has 14 heavy (non-hydrogen) atoms. The van der Waals surface area contributed by atoms with E-state index in [0.29, 0.717) is 12.3 Å². The molecule has 5 heteroatoms. The standard InChI is InChI=1S/C9H16N4O/c1-6(10)5-8-12-9(13-14-8)7-3-2-4-11-7/h6-7,11H,2-5,10H2,1H3. The monoisotopic (exact) mass is 196 g/mol. The predicted octanol–water partition coefficient (Wildman–Crippen LogP) is 0.384. The van der Waals surface area contributed by atoms with Crippen LogP contribution in [0.15, 0.2) is 4.52 Å². The molecular weight excluding hydrogens is 180 g/mol. The summed E-state index contributed by atoms with van der Waals surface area (Å²) in [6.45, 7) is 2.97. The van der Waals surface area contributed by atoms with E-state index < -0.39 is 0 Å². The van der Waals surface area contributed by atoms with Gasteiger partial charge in [0.15, 0.2) is 5.82 Å². The summed E-state index contributed by atoms with van der Waals surface area (Å²) in [5.41, 5.74) is 5.64. The molecule has 1 aliphatic rings. The Bertz CT molecular complexity index is 291. The Hall–Kier alpha value is -0.940. The van der Waals surface area contributed by atoms with Gasteiger partial charge in [-0.05, 0) is 26.3 Å². The summed E-state index contributed by atoms with van der Waals surface area (Å²) < 4.78 is 5.11. The Balaban J connectivity index is 2.01. The van der Waals surface area contributed by atoms with Crippen LogP contribution in [0.5, 0.6) is 0 Å². The molecule has 2 unspecified atom stereocenters. The maximum absolute atomic E-state index is 5.64. The molecule has 0 amide bonds. The molecule has 1 fully saturated rings. The van der Waals surface area contributed by atoms with Crippen molar-refractivity contribution in [3.63, 3.8) is 0 Å². The van der Waals surface area contributed by atoms with E-state index in [1.165, 1.54) is 6.42 Å². The van der Waals surface area contributed by atoms with Crippen LogP contribution < -0.4 is 11.1 Å². The lowest BCUT2D eigenvalue weighted by molar-refractivity contribution is 0.362. The zero-order chi connectivity index (χ0) is 9.97. The summed E-state index contributed by atoms with van der Waals surface area (Å²) in [5, 5.41) is 7.27. The van der Waals surface area contributed by atoms with Crippen LogP contribution in [-0.4, -0.2) is 22.7 Å². The molecule has 0 aliphatic carbocycles. The number of nitrogens with zero attached hydrogens (tertiary/aromatic N) is 2. The Kier molecular flexibility index (Phi) is 2.79. The molecule has 1 saturated heterocycles. The third-order valence-electron chi connectivity index (χ3n) is 2.35. The second kappa shape index (κ2) is 4.06. The minimum absolute atomic E-state index is 0.0693. The highest BCUT2D eigenvalue weighted by molar-refractivity contribution is 4.97. The van der Waals surface area contributed by atoms with Crippen LogP contribution >= 0.6 is 0 Å². The van der Waals surface area contributed by atoms with Crippen molar-refractivity contribution in [1.82, 2.24) is 15.5 Å². The Morgan fingerprint density at radius 1 is 1.71 bits per heavy atom. The highest BCUT2D eigenvalue weighted by Gasteiger charge is 2.21. The molecule has 0 saturated carbocycles. The van der Waals surface area contributed by atoms with Crippen molar-refractivity contribution in [3.05, 3.63) is 11.7 Å². The van der Waals surface area contributed by atoms with Crippen molar-refractivity contribution in [1.29, 1.82) is 0 Å². The highest BCUT2D eigenvalue weighted by Crippen LogP contribution is 2.20. The fourth-order valence-corrected chi connectivity index (χ4v) is 1.67. The van der Waals surface area contributed by atoms with Gasteiger partial charge in [0.25, 0.3) is 0 Å². The van der Waals surface area contributed by atoms with Gasteiger partial charge in [-0.2, -0.15) is 4.98 Å². The fourth-order valence-electron chi connectivity index (χ4n) is 1.67. The van der Waals surface area contributed by atoms with Crippen LogP contribution in [0.3, 0.4) is 0 Å². The van der Waals surface area contributed by atoms with E-state index in [1.807, 2.05) is 6.92 Å². The highest BCUT2D eigenvalue weighted by atomic mass is 16.5. The van der Waals surface area contributed by atoms with Crippen LogP contribution in [0.25, 0.3) is 0 Å². The van der Waals surface area contributed by atoms with Crippen LogP contribution in [0.2, 0.25) is 0 Å². The van der Waals surface area contributed by atoms with E-state index >= 15 is 0 Å². The molecule has 3 N–H and O–H groups in total. The van der Waals surface area contributed by atoms with Gasteiger partial charge in [-0.15, -0.1) is 0 Å². The van der Waals surface area contributed by atoms with Crippen molar-refractivity contribution in [2.24, 2.45) is 5.73 Å². The summed E-state index contributed by atoms with van der Waals surface area (Å²) >= 11 is 0. The van der Waals surface area contributed by atoms with Crippen LogP contribution in [-0.2, 0) is 6.42 Å². The lowest BCUT2D eigenvalue weighted by atomic mass is 10.2. The smallest absolute Gasteiger partial charge is 0.228 e. The minimum Gasteiger partial charge on any atom is -0.339 e. The van der Waals surface area contributed by atoms with Crippen LogP contribution in [0, 0.1) is 0 Å². The third-order valence-corrected chi connectivity index (χ3v) is 2.35. The van der Waals surface area contributed by atoms with Crippen LogP contribution in [0.1, 0.15) is 37.5 Å². The molecular formula is C9H16N4O. The van der Waals surface area contributed by atoms with Gasteiger partial charge in [0.1, 0.15) is 0 Å². The van der Waals surface area contributed by atoms with E-state index in [1.54, 1.807) is 0 Å². The molecule has 2 atom stereocenters. The van der Waals surface area contributed by atoms with Crippen molar-refractivity contribution < 1.29 is 4.52 Å². The van der Waals surface area contributed by atoms with Gasteiger partial charge in [0, 0.05) is 12.5 Å². The summed E-state index contributed by atoms with van der Waals surface area (Å²) in [7, 11) is 0. The van der Waals surface area contributed by atoms with Gasteiger partial charge in [0.05, 0.1) is 6.04 Å². The van der Waals surface area contributed by atoms with E-state index in [0.717, 1.165) is 18.8 Å². The average molecular weight is 196 g/mol. The molecule has 0 aromatic carbocycles. The SMILES string of the molecule is CC(N)Cc1nc(C2CCCN2)no1. The molecule has 5 nitrogen and oxygen atoms in total. The predicted molar refractivity (Wildman–Crippen MR) is 51.6 cm³/mol. The lowest BCUT2D eigenvalue weighted by Crippen LogP contribution is -2.18. The first kappa shape index (κ1) is 9.61. The number of rotatable bonds is 3. The van der Waals surface area contributed by atoms with Crippen molar-refractivity contribution in [3.8, 4) is 0 Å². The van der Waals surface area contributed by atoms with Crippen LogP contribution in [0.4, 0.5) is 0 Å². The number of nitrogens with one attached hydrogen (secondary N) is 1. The molecule has 78 valence electrons. The zero-order valence-electron chi connectivity index (χ0n) is 8.36. The normalized spacial score (nSPS) is 24.0. The van der Waals surface area contributed by atoms with Crippen molar-refractivity contribution >= 4 is 0 Å². The van der Waals surface area contributed by atoms with Gasteiger partial charge in [-0.25, -0.2) is 0 Å². The lowest BCUT2D eigenvalue weighted by Gasteiger charge is -2.01. The second-order valence-electron chi connectivity index (χ2n) is 3.88. The largest absolute Gasteiger partial charge is 0.339 e. The molecule has 0 bridgehead atoms. The van der Waals surface area contributed by atoms with Gasteiger partial charge >= 0.3 is 0 Å². The number of aromatic nitrogens is 2. The number of nitrogens with two attached hydrogens (primary N) is 1. The van der Waals surface area contributed by atoms with E-state index in [9.17, 15) is 0 Å². The van der Waals surface area contributed by atoms with Gasteiger partial charge in [-0.3, -0.25) is 0 Å². The fraction of sp³-hybridized carbons (Fsp3) is 0.778. The first-order chi connectivity index (χ1) is 6.75. The maximum Gasteiger partial charge on any atom is 0.228 e. The molecule has 1 aromatic rings. The number of hydrogen-bond acceptors (Lipinski definition) is 5. The van der Waals surface area contributed by atoms with E-state index in [2.05, 4.69) is 15.5 Å². The van der Waals surface area contributed by atoms with Crippen molar-refractivity contribution in [2.45, 2.75) is 38.3 Å². The molecule has 1 aliphatic heterocycles. The van der Waals surface area contributed by atoms with Crippen molar-refractivity contribution in [2.75, 3.05) is 6.54 Å². The average Bonchev–Trinajstić information content (AvgIpc) is 2.69. The zero-order valence-corrected chi connectivity index (χ0v) is 8.36. The van der Waals surface area contributed by atoms with E-state index in [4.69, 9.17) is 10.3 Å². The van der Waals surface area contributed by atoms with Gasteiger partial charge in [0.2, 0.25) is 5.89 Å². The van der Waals surface area contributed by atoms with Gasteiger partial charge in [-0.1, -0.05) is 5.16 Å². The Morgan fingerprint density at radius 2 is 2.57 bits per heavy atom. The molecule has 0 radical (unpaired) electrons. The molecule has 1 aromatic heterocycles. The summed E-state index contributed by atoms with van der Waals surface area (Å²) in [4.78, 5) is 4.31. The summed E-state index contributed by atoms with van der Waals surface area (Å²) in [6, 6.07) is 0.348. The second-order valence-corrected chi connectivity index (χ2v) is 3.88. The first-order valence-electron chi connectivity index (χ1n) is 5.07. The number of hydrogen-bond donors (Lipinski definition) is 2. The van der Waals surface area contributed by atoms with E-state index in [-0.39, 0.29) is 12.1 Å².